The number of ether oxygens (including phenoxy) is 3. The first kappa shape index (κ1) is 19.4. The van der Waals surface area contributed by atoms with Gasteiger partial charge in [0.25, 0.3) is 0 Å². The highest BCUT2D eigenvalue weighted by Gasteiger charge is 2.16. The minimum absolute atomic E-state index is 0.0146. The third-order valence-corrected chi connectivity index (χ3v) is 4.04. The van der Waals surface area contributed by atoms with Crippen molar-refractivity contribution in [3.63, 3.8) is 0 Å². The van der Waals surface area contributed by atoms with E-state index >= 15 is 0 Å². The Bertz CT molecular complexity index is 957. The fourth-order valence-electron chi connectivity index (χ4n) is 2.67. The van der Waals surface area contributed by atoms with E-state index in [1.54, 1.807) is 43.0 Å². The van der Waals surface area contributed by atoms with Crippen LogP contribution in [0.1, 0.15) is 19.8 Å². The van der Waals surface area contributed by atoms with E-state index < -0.39 is 0 Å². The van der Waals surface area contributed by atoms with Gasteiger partial charge in [-0.1, -0.05) is 6.92 Å². The molecule has 2 heterocycles. The largest absolute Gasteiger partial charge is 0.497 e. The Morgan fingerprint density at radius 2 is 2.00 bits per heavy atom. The number of fused-ring (bicyclic) bond motifs is 1. The van der Waals surface area contributed by atoms with Gasteiger partial charge < -0.3 is 19.5 Å². The highest BCUT2D eigenvalue weighted by molar-refractivity contribution is 5.75. The van der Waals surface area contributed by atoms with E-state index in [9.17, 15) is 4.79 Å². The lowest BCUT2D eigenvalue weighted by Gasteiger charge is -2.10. The number of carbonyl (C=O) groups excluding carboxylic acids is 1. The Balaban J connectivity index is 1.80. The lowest BCUT2D eigenvalue weighted by molar-refractivity contribution is -0.121. The molecule has 28 heavy (non-hydrogen) atoms. The number of hydrogen-bond donors (Lipinski definition) is 1. The summed E-state index contributed by atoms with van der Waals surface area (Å²) >= 11 is 0. The van der Waals surface area contributed by atoms with Crippen molar-refractivity contribution in [1.29, 1.82) is 0 Å². The second-order valence-corrected chi connectivity index (χ2v) is 5.98. The summed E-state index contributed by atoms with van der Waals surface area (Å²) in [7, 11) is 3.18. The molecule has 0 saturated heterocycles. The van der Waals surface area contributed by atoms with Gasteiger partial charge >= 0.3 is 0 Å². The molecule has 3 aromatic rings. The van der Waals surface area contributed by atoms with Crippen LogP contribution in [0.4, 0.5) is 0 Å². The molecule has 148 valence electrons. The molecule has 1 N–H and O–H groups in total. The molecule has 0 spiro atoms. The summed E-state index contributed by atoms with van der Waals surface area (Å²) in [6.07, 6.45) is 1.33. The van der Waals surface area contributed by atoms with Gasteiger partial charge in [0, 0.05) is 12.5 Å². The Hall–Kier alpha value is -3.36. The zero-order valence-corrected chi connectivity index (χ0v) is 16.1. The summed E-state index contributed by atoms with van der Waals surface area (Å²) in [6.45, 7) is 2.69. The molecule has 0 atom stereocenters. The Morgan fingerprint density at radius 3 is 2.75 bits per heavy atom. The van der Waals surface area contributed by atoms with Gasteiger partial charge in [0.2, 0.25) is 11.8 Å². The van der Waals surface area contributed by atoms with Gasteiger partial charge in [-0.05, 0) is 30.7 Å². The molecule has 3 rings (SSSR count). The number of benzene rings is 1. The standard InChI is InChI=1S/C19H23N5O4/c1-4-5-17(25)20-10-11-28-18-9-8-16-21-22-19(24(16)23-18)14-12-13(26-2)6-7-15(14)27-3/h6-9,12H,4-5,10-11H2,1-3H3,(H,20,25). The third-order valence-electron chi connectivity index (χ3n) is 4.04. The highest BCUT2D eigenvalue weighted by atomic mass is 16.5. The van der Waals surface area contributed by atoms with E-state index in [1.807, 2.05) is 13.0 Å². The number of nitrogens with zero attached hydrogens (tertiary/aromatic N) is 4. The van der Waals surface area contributed by atoms with Gasteiger partial charge in [-0.2, -0.15) is 4.52 Å². The van der Waals surface area contributed by atoms with Crippen LogP contribution in [-0.4, -0.2) is 53.1 Å². The summed E-state index contributed by atoms with van der Waals surface area (Å²) in [5.74, 6) is 2.22. The molecule has 1 aromatic carbocycles. The topological polar surface area (TPSA) is 99.9 Å². The molecule has 0 aliphatic carbocycles. The third kappa shape index (κ3) is 4.30. The maximum Gasteiger partial charge on any atom is 0.231 e. The van der Waals surface area contributed by atoms with Crippen molar-refractivity contribution in [1.82, 2.24) is 25.1 Å². The van der Waals surface area contributed by atoms with Crippen LogP contribution in [0.3, 0.4) is 0 Å². The quantitative estimate of drug-likeness (QED) is 0.563. The zero-order valence-electron chi connectivity index (χ0n) is 16.1. The molecule has 9 heteroatoms. The van der Waals surface area contributed by atoms with E-state index in [0.717, 1.165) is 6.42 Å². The van der Waals surface area contributed by atoms with Crippen molar-refractivity contribution in [2.45, 2.75) is 19.8 Å². The van der Waals surface area contributed by atoms with Crippen molar-refractivity contribution < 1.29 is 19.0 Å². The minimum Gasteiger partial charge on any atom is -0.497 e. The number of nitrogens with one attached hydrogen (secondary N) is 1. The molecule has 0 aliphatic rings. The number of methoxy groups -OCH3 is 2. The van der Waals surface area contributed by atoms with Gasteiger partial charge in [-0.3, -0.25) is 4.79 Å². The van der Waals surface area contributed by atoms with Crippen molar-refractivity contribution >= 4 is 11.6 Å². The normalized spacial score (nSPS) is 10.7. The summed E-state index contributed by atoms with van der Waals surface area (Å²) in [5, 5.41) is 15.6. The fourth-order valence-corrected chi connectivity index (χ4v) is 2.67. The molecule has 1 amide bonds. The molecule has 0 saturated carbocycles. The molecule has 9 nitrogen and oxygen atoms in total. The second kappa shape index (κ2) is 9.03. The van der Waals surface area contributed by atoms with Crippen molar-refractivity contribution in [2.75, 3.05) is 27.4 Å². The molecule has 2 aromatic heterocycles. The van der Waals surface area contributed by atoms with Crippen LogP contribution >= 0.6 is 0 Å². The van der Waals surface area contributed by atoms with Gasteiger partial charge in [-0.15, -0.1) is 15.3 Å². The van der Waals surface area contributed by atoms with Crippen molar-refractivity contribution in [3.05, 3.63) is 30.3 Å². The predicted octanol–water partition coefficient (Wildman–Crippen LogP) is 2.10. The number of hydrogen-bond acceptors (Lipinski definition) is 7. The number of aromatic nitrogens is 4. The SMILES string of the molecule is CCCC(=O)NCCOc1ccc2nnc(-c3cc(OC)ccc3OC)n2n1. The maximum absolute atomic E-state index is 11.5. The van der Waals surface area contributed by atoms with Crippen molar-refractivity contribution in [3.8, 4) is 28.8 Å². The molecule has 0 bridgehead atoms. The molecule has 0 unspecified atom stereocenters. The summed E-state index contributed by atoms with van der Waals surface area (Å²) < 4.78 is 18.0. The van der Waals surface area contributed by atoms with Gasteiger partial charge in [0.15, 0.2) is 11.5 Å². The highest BCUT2D eigenvalue weighted by Crippen LogP contribution is 2.32. The van der Waals surface area contributed by atoms with Crippen LogP contribution in [0.5, 0.6) is 17.4 Å². The fraction of sp³-hybridized carbons (Fsp3) is 0.368. The second-order valence-electron chi connectivity index (χ2n) is 5.98. The Kier molecular flexibility index (Phi) is 6.25. The Morgan fingerprint density at radius 1 is 1.14 bits per heavy atom. The number of carbonyl (C=O) groups is 1. The van der Waals surface area contributed by atoms with Crippen LogP contribution in [0, 0.1) is 0 Å². The lowest BCUT2D eigenvalue weighted by Crippen LogP contribution is -2.27. The van der Waals surface area contributed by atoms with Crippen LogP contribution in [0.25, 0.3) is 17.0 Å². The zero-order chi connectivity index (χ0) is 19.9. The average Bonchev–Trinajstić information content (AvgIpc) is 3.14. The number of rotatable bonds is 9. The van der Waals surface area contributed by atoms with Gasteiger partial charge in [0.1, 0.15) is 18.1 Å². The molecular weight excluding hydrogens is 362 g/mol. The van der Waals surface area contributed by atoms with Gasteiger partial charge in [0.05, 0.1) is 26.3 Å². The summed E-state index contributed by atoms with van der Waals surface area (Å²) in [6, 6.07) is 8.90. The minimum atomic E-state index is 0.0146. The average molecular weight is 385 g/mol. The van der Waals surface area contributed by atoms with Crippen LogP contribution < -0.4 is 19.5 Å². The number of amides is 1. The molecule has 0 fully saturated rings. The first-order valence-electron chi connectivity index (χ1n) is 9.00. The molecule has 0 radical (unpaired) electrons. The lowest BCUT2D eigenvalue weighted by atomic mass is 10.2. The smallest absolute Gasteiger partial charge is 0.231 e. The first-order chi connectivity index (χ1) is 13.7. The summed E-state index contributed by atoms with van der Waals surface area (Å²) in [4.78, 5) is 11.5. The first-order valence-corrected chi connectivity index (χ1v) is 9.00. The maximum atomic E-state index is 11.5. The monoisotopic (exact) mass is 385 g/mol. The molecule has 0 aliphatic heterocycles. The predicted molar refractivity (Wildman–Crippen MR) is 103 cm³/mol. The van der Waals surface area contributed by atoms with E-state index in [4.69, 9.17) is 14.2 Å². The van der Waals surface area contributed by atoms with E-state index in [2.05, 4.69) is 20.6 Å². The molecular formula is C19H23N5O4. The van der Waals surface area contributed by atoms with Crippen molar-refractivity contribution in [2.24, 2.45) is 0 Å². The Labute approximate surface area is 162 Å². The van der Waals surface area contributed by atoms with Gasteiger partial charge in [-0.25, -0.2) is 0 Å². The van der Waals surface area contributed by atoms with Crippen LogP contribution in [-0.2, 0) is 4.79 Å². The van der Waals surface area contributed by atoms with Crippen LogP contribution in [0.15, 0.2) is 30.3 Å². The van der Waals surface area contributed by atoms with Crippen LogP contribution in [0.2, 0.25) is 0 Å². The van der Waals surface area contributed by atoms with E-state index in [1.165, 1.54) is 0 Å². The van der Waals surface area contributed by atoms with E-state index in [0.29, 0.717) is 54.0 Å². The summed E-state index contributed by atoms with van der Waals surface area (Å²) in [5.41, 5.74) is 1.27. The van der Waals surface area contributed by atoms with E-state index in [-0.39, 0.29) is 5.91 Å².